The minimum atomic E-state index is 0.597. The van der Waals surface area contributed by atoms with Gasteiger partial charge >= 0.3 is 0 Å². The fraction of sp³-hybridized carbons (Fsp3) is 0.0500. The number of fused-ring (bicyclic) bond motifs is 1. The fourth-order valence-electron chi connectivity index (χ4n) is 2.91. The van der Waals surface area contributed by atoms with Crippen LogP contribution in [0.2, 0.25) is 5.02 Å². The summed E-state index contributed by atoms with van der Waals surface area (Å²) in [6.45, 7) is 2.08. The number of nitrogens with one attached hydrogen (secondary N) is 1. The molecule has 2 aromatic heterocycles. The highest BCUT2D eigenvalue weighted by atomic mass is 35.5. The summed E-state index contributed by atoms with van der Waals surface area (Å²) in [7, 11) is 0. The third-order valence-electron chi connectivity index (χ3n) is 4.05. The van der Waals surface area contributed by atoms with Crippen molar-refractivity contribution in [1.82, 2.24) is 9.97 Å². The van der Waals surface area contributed by atoms with Gasteiger partial charge in [0, 0.05) is 21.2 Å². The zero-order valence-corrected chi connectivity index (χ0v) is 15.4. The van der Waals surface area contributed by atoms with Gasteiger partial charge in [-0.05, 0) is 42.8 Å². The molecule has 0 unspecified atom stereocenters. The van der Waals surface area contributed by atoms with E-state index in [9.17, 15) is 0 Å². The lowest BCUT2D eigenvalue weighted by Gasteiger charge is -2.09. The van der Waals surface area contributed by atoms with Crippen LogP contribution in [0, 0.1) is 18.3 Å². The maximum Gasteiger partial charge on any atom is 0.143 e. The van der Waals surface area contributed by atoms with E-state index in [1.165, 1.54) is 0 Å². The predicted molar refractivity (Wildman–Crippen MR) is 107 cm³/mol. The minimum Gasteiger partial charge on any atom is -0.340 e. The second-order valence-electron chi connectivity index (χ2n) is 5.76. The van der Waals surface area contributed by atoms with Gasteiger partial charge in [-0.15, -0.1) is 11.3 Å². The number of nitriles is 1. The van der Waals surface area contributed by atoms with Gasteiger partial charge < -0.3 is 5.32 Å². The quantitative estimate of drug-likeness (QED) is 0.481. The minimum absolute atomic E-state index is 0.597. The van der Waals surface area contributed by atoms with Crippen LogP contribution in [-0.2, 0) is 0 Å². The molecule has 0 atom stereocenters. The highest BCUT2D eigenvalue weighted by molar-refractivity contribution is 7.19. The van der Waals surface area contributed by atoms with E-state index in [1.54, 1.807) is 29.8 Å². The molecule has 0 fully saturated rings. The van der Waals surface area contributed by atoms with E-state index >= 15 is 0 Å². The summed E-state index contributed by atoms with van der Waals surface area (Å²) in [5, 5.41) is 14.1. The van der Waals surface area contributed by atoms with E-state index in [0.29, 0.717) is 10.6 Å². The lowest BCUT2D eigenvalue weighted by atomic mass is 10.0. The molecule has 4 rings (SSSR count). The lowest BCUT2D eigenvalue weighted by molar-refractivity contribution is 1.23. The average molecular weight is 377 g/mol. The van der Waals surface area contributed by atoms with Crippen molar-refractivity contribution in [1.29, 1.82) is 5.26 Å². The Labute approximate surface area is 159 Å². The van der Waals surface area contributed by atoms with Gasteiger partial charge in [-0.3, -0.25) is 0 Å². The van der Waals surface area contributed by atoms with Crippen LogP contribution in [0.5, 0.6) is 0 Å². The van der Waals surface area contributed by atoms with Crippen LogP contribution in [0.25, 0.3) is 21.3 Å². The van der Waals surface area contributed by atoms with Crippen molar-refractivity contribution in [3.63, 3.8) is 0 Å². The molecule has 0 radical (unpaired) electrons. The Morgan fingerprint density at radius 1 is 1.12 bits per heavy atom. The van der Waals surface area contributed by atoms with Crippen molar-refractivity contribution >= 4 is 44.7 Å². The van der Waals surface area contributed by atoms with Crippen molar-refractivity contribution < 1.29 is 0 Å². The van der Waals surface area contributed by atoms with Gasteiger partial charge in [-0.2, -0.15) is 5.26 Å². The first kappa shape index (κ1) is 16.5. The predicted octanol–water partition coefficient (Wildman–Crippen LogP) is 5.94. The highest BCUT2D eigenvalue weighted by Gasteiger charge is 2.17. The van der Waals surface area contributed by atoms with E-state index < -0.39 is 0 Å². The first-order valence-electron chi connectivity index (χ1n) is 7.93. The molecule has 0 amide bonds. The maximum atomic E-state index is 9.11. The van der Waals surface area contributed by atoms with Crippen LogP contribution in [0.3, 0.4) is 0 Å². The Morgan fingerprint density at radius 2 is 1.92 bits per heavy atom. The number of hydrogen-bond donors (Lipinski definition) is 1. The SMILES string of the molecule is Cc1sc2ncnc(Nc3cccc(C#N)c3)c2c1-c1ccc(Cl)cc1. The number of halogens is 1. The first-order valence-corrected chi connectivity index (χ1v) is 9.12. The molecular weight excluding hydrogens is 364 g/mol. The Morgan fingerprint density at radius 3 is 2.69 bits per heavy atom. The fourth-order valence-corrected chi connectivity index (χ4v) is 4.04. The second-order valence-corrected chi connectivity index (χ2v) is 7.40. The van der Waals surface area contributed by atoms with Crippen molar-refractivity contribution in [3.8, 4) is 17.2 Å². The van der Waals surface area contributed by atoms with Crippen LogP contribution in [-0.4, -0.2) is 9.97 Å². The molecule has 4 nitrogen and oxygen atoms in total. The van der Waals surface area contributed by atoms with Crippen molar-refractivity contribution in [3.05, 3.63) is 70.3 Å². The third-order valence-corrected chi connectivity index (χ3v) is 5.32. The average Bonchev–Trinajstić information content (AvgIpc) is 2.99. The molecule has 26 heavy (non-hydrogen) atoms. The Hall–Kier alpha value is -2.94. The van der Waals surface area contributed by atoms with E-state index in [2.05, 4.69) is 28.3 Å². The molecule has 0 saturated carbocycles. The smallest absolute Gasteiger partial charge is 0.143 e. The van der Waals surface area contributed by atoms with E-state index in [-0.39, 0.29) is 0 Å². The van der Waals surface area contributed by atoms with Crippen molar-refractivity contribution in [2.24, 2.45) is 0 Å². The summed E-state index contributed by atoms with van der Waals surface area (Å²) in [6.07, 6.45) is 1.56. The van der Waals surface area contributed by atoms with Crippen LogP contribution < -0.4 is 5.32 Å². The first-order chi connectivity index (χ1) is 12.7. The number of thiophene rings is 1. The summed E-state index contributed by atoms with van der Waals surface area (Å²) in [4.78, 5) is 11.0. The molecule has 6 heteroatoms. The molecule has 0 saturated heterocycles. The Bertz CT molecular complexity index is 1140. The standard InChI is InChI=1S/C20H13ClN4S/c1-12-17(14-5-7-15(21)8-6-14)18-19(23-11-24-20(18)26-12)25-16-4-2-3-13(9-16)10-22/h2-9,11H,1H3,(H,23,24,25). The summed E-state index contributed by atoms with van der Waals surface area (Å²) >= 11 is 7.67. The van der Waals surface area contributed by atoms with Crippen molar-refractivity contribution in [2.75, 3.05) is 5.32 Å². The molecular formula is C20H13ClN4S. The van der Waals surface area contributed by atoms with Gasteiger partial charge in [-0.25, -0.2) is 9.97 Å². The van der Waals surface area contributed by atoms with Crippen LogP contribution in [0.1, 0.15) is 10.4 Å². The molecule has 0 aliphatic carbocycles. The number of hydrogen-bond acceptors (Lipinski definition) is 5. The molecule has 0 bridgehead atoms. The molecule has 0 spiro atoms. The van der Waals surface area contributed by atoms with Crippen molar-refractivity contribution in [2.45, 2.75) is 6.92 Å². The summed E-state index contributed by atoms with van der Waals surface area (Å²) in [5.41, 5.74) is 3.58. The molecule has 4 aromatic rings. The lowest BCUT2D eigenvalue weighted by Crippen LogP contribution is -1.96. The van der Waals surface area contributed by atoms with Gasteiger partial charge in [0.1, 0.15) is 17.0 Å². The van der Waals surface area contributed by atoms with Crippen LogP contribution in [0.4, 0.5) is 11.5 Å². The number of benzene rings is 2. The number of anilines is 2. The molecule has 0 aliphatic rings. The largest absolute Gasteiger partial charge is 0.340 e. The second kappa shape index (κ2) is 6.75. The zero-order chi connectivity index (χ0) is 18.1. The van der Waals surface area contributed by atoms with Gasteiger partial charge in [0.05, 0.1) is 17.0 Å². The number of aromatic nitrogens is 2. The summed E-state index contributed by atoms with van der Waals surface area (Å²) in [5.74, 6) is 0.722. The van der Waals surface area contributed by atoms with E-state index in [1.807, 2.05) is 36.4 Å². The number of aryl methyl sites for hydroxylation is 1. The van der Waals surface area contributed by atoms with E-state index in [4.69, 9.17) is 16.9 Å². The number of nitrogens with zero attached hydrogens (tertiary/aromatic N) is 3. The van der Waals surface area contributed by atoms with Gasteiger partial charge in [0.25, 0.3) is 0 Å². The topological polar surface area (TPSA) is 61.6 Å². The van der Waals surface area contributed by atoms with E-state index in [0.717, 1.165) is 37.7 Å². The van der Waals surface area contributed by atoms with Crippen LogP contribution in [0.15, 0.2) is 54.9 Å². The molecule has 1 N–H and O–H groups in total. The monoisotopic (exact) mass is 376 g/mol. The number of rotatable bonds is 3. The van der Waals surface area contributed by atoms with Gasteiger partial charge in [-0.1, -0.05) is 29.8 Å². The Kier molecular flexibility index (Phi) is 4.29. The Balaban J connectivity index is 1.88. The molecule has 126 valence electrons. The highest BCUT2D eigenvalue weighted by Crippen LogP contribution is 2.41. The normalized spacial score (nSPS) is 10.7. The molecule has 2 aromatic carbocycles. The van der Waals surface area contributed by atoms with Gasteiger partial charge in [0.2, 0.25) is 0 Å². The third kappa shape index (κ3) is 3.01. The maximum absolute atomic E-state index is 9.11. The summed E-state index contributed by atoms with van der Waals surface area (Å²) < 4.78 is 0. The van der Waals surface area contributed by atoms with Crippen LogP contribution >= 0.6 is 22.9 Å². The molecule has 0 aliphatic heterocycles. The molecule has 2 heterocycles. The summed E-state index contributed by atoms with van der Waals surface area (Å²) in [6, 6.07) is 17.3. The zero-order valence-electron chi connectivity index (χ0n) is 13.8. The van der Waals surface area contributed by atoms with Gasteiger partial charge in [0.15, 0.2) is 0 Å².